The van der Waals surface area contributed by atoms with Crippen LogP contribution in [0.4, 0.5) is 0 Å². The Kier molecular flexibility index (Phi) is 4.83. The number of aliphatic hydroxyl groups is 3. The normalized spacial score (nSPS) is 14.2. The molecule has 0 bridgehead atoms. The molecule has 0 aliphatic rings. The fourth-order valence-corrected chi connectivity index (χ4v) is 1.38. The van der Waals surface area contributed by atoms with E-state index in [1.54, 1.807) is 0 Å². The number of aromatic nitrogens is 1. The molecular formula is C10H12ClNO5. The highest BCUT2D eigenvalue weighted by Crippen LogP contribution is 2.21. The Bertz CT molecular complexity index is 412. The van der Waals surface area contributed by atoms with Gasteiger partial charge in [-0.1, -0.05) is 11.6 Å². The number of carbonyl (C=O) groups excluding carboxylic acids is 1. The summed E-state index contributed by atoms with van der Waals surface area (Å²) < 4.78 is 4.48. The zero-order chi connectivity index (χ0) is 13.0. The van der Waals surface area contributed by atoms with Crippen LogP contribution in [0.15, 0.2) is 12.3 Å². The van der Waals surface area contributed by atoms with Crippen LogP contribution in [0.2, 0.25) is 5.15 Å². The average Bonchev–Trinajstić information content (AvgIpc) is 2.36. The van der Waals surface area contributed by atoms with E-state index in [4.69, 9.17) is 16.7 Å². The van der Waals surface area contributed by atoms with Crippen molar-refractivity contribution >= 4 is 17.6 Å². The Labute approximate surface area is 102 Å². The third kappa shape index (κ3) is 3.13. The molecule has 1 aromatic heterocycles. The predicted molar refractivity (Wildman–Crippen MR) is 58.6 cm³/mol. The van der Waals surface area contributed by atoms with E-state index in [2.05, 4.69) is 9.72 Å². The third-order valence-corrected chi connectivity index (χ3v) is 2.46. The number of methoxy groups -OCH3 is 1. The van der Waals surface area contributed by atoms with Crippen molar-refractivity contribution < 1.29 is 24.9 Å². The Balaban J connectivity index is 3.08. The van der Waals surface area contributed by atoms with Crippen molar-refractivity contribution in [2.75, 3.05) is 13.7 Å². The molecule has 1 heterocycles. The highest BCUT2D eigenvalue weighted by molar-refractivity contribution is 6.32. The summed E-state index contributed by atoms with van der Waals surface area (Å²) in [7, 11) is 1.18. The van der Waals surface area contributed by atoms with Crippen molar-refractivity contribution in [3.63, 3.8) is 0 Å². The Morgan fingerprint density at radius 1 is 1.59 bits per heavy atom. The fraction of sp³-hybridized carbons (Fsp3) is 0.400. The molecule has 94 valence electrons. The first-order valence-corrected chi connectivity index (χ1v) is 5.09. The number of hydrogen-bond donors (Lipinski definition) is 3. The van der Waals surface area contributed by atoms with Gasteiger partial charge in [0.2, 0.25) is 0 Å². The molecule has 3 N–H and O–H groups in total. The molecule has 0 amide bonds. The maximum absolute atomic E-state index is 11.3. The first-order chi connectivity index (χ1) is 8.01. The molecular weight excluding hydrogens is 250 g/mol. The van der Waals surface area contributed by atoms with E-state index in [1.807, 2.05) is 0 Å². The first-order valence-electron chi connectivity index (χ1n) is 4.72. The van der Waals surface area contributed by atoms with Crippen LogP contribution in [0.1, 0.15) is 22.0 Å². The number of carbonyl (C=O) groups is 1. The number of aliphatic hydroxyl groups excluding tert-OH is 3. The van der Waals surface area contributed by atoms with Crippen molar-refractivity contribution in [2.45, 2.75) is 12.2 Å². The molecule has 17 heavy (non-hydrogen) atoms. The lowest BCUT2D eigenvalue weighted by Gasteiger charge is -2.16. The van der Waals surface area contributed by atoms with Crippen molar-refractivity contribution in [1.82, 2.24) is 4.98 Å². The van der Waals surface area contributed by atoms with Gasteiger partial charge in [0, 0.05) is 11.8 Å². The molecule has 1 aromatic rings. The van der Waals surface area contributed by atoms with Crippen LogP contribution in [0.5, 0.6) is 0 Å². The van der Waals surface area contributed by atoms with Crippen molar-refractivity contribution in [3.8, 4) is 0 Å². The molecule has 0 radical (unpaired) electrons. The van der Waals surface area contributed by atoms with Gasteiger partial charge in [-0.3, -0.25) is 0 Å². The fourth-order valence-electron chi connectivity index (χ4n) is 1.20. The van der Waals surface area contributed by atoms with Gasteiger partial charge in [0.15, 0.2) is 0 Å². The van der Waals surface area contributed by atoms with Crippen LogP contribution in [0.25, 0.3) is 0 Å². The van der Waals surface area contributed by atoms with E-state index >= 15 is 0 Å². The monoisotopic (exact) mass is 261 g/mol. The lowest BCUT2D eigenvalue weighted by molar-refractivity contribution is -0.0154. The SMILES string of the molecule is COC(=O)c1cc(C(O)C(O)CO)cnc1Cl. The van der Waals surface area contributed by atoms with E-state index < -0.39 is 24.8 Å². The summed E-state index contributed by atoms with van der Waals surface area (Å²) >= 11 is 5.68. The first kappa shape index (κ1) is 13.9. The van der Waals surface area contributed by atoms with Crippen molar-refractivity contribution in [3.05, 3.63) is 28.5 Å². The van der Waals surface area contributed by atoms with Gasteiger partial charge in [0.05, 0.1) is 19.3 Å². The summed E-state index contributed by atoms with van der Waals surface area (Å²) in [5.74, 6) is -0.699. The summed E-state index contributed by atoms with van der Waals surface area (Å²) in [6.07, 6.45) is -1.50. The summed E-state index contributed by atoms with van der Waals surface area (Å²) in [6.45, 7) is -0.614. The van der Waals surface area contributed by atoms with Crippen LogP contribution in [-0.4, -0.2) is 46.1 Å². The van der Waals surface area contributed by atoms with Gasteiger partial charge < -0.3 is 20.1 Å². The lowest BCUT2D eigenvalue weighted by atomic mass is 10.1. The van der Waals surface area contributed by atoms with E-state index in [-0.39, 0.29) is 16.3 Å². The molecule has 6 nitrogen and oxygen atoms in total. The quantitative estimate of drug-likeness (QED) is 0.517. The lowest BCUT2D eigenvalue weighted by Crippen LogP contribution is -2.22. The average molecular weight is 262 g/mol. The molecule has 1 rings (SSSR count). The van der Waals surface area contributed by atoms with E-state index in [9.17, 15) is 15.0 Å². The third-order valence-electron chi connectivity index (χ3n) is 2.16. The smallest absolute Gasteiger partial charge is 0.341 e. The molecule has 0 saturated heterocycles. The molecule has 0 spiro atoms. The second-order valence-electron chi connectivity index (χ2n) is 3.29. The molecule has 2 unspecified atom stereocenters. The summed E-state index contributed by atoms with van der Waals surface area (Å²) in [5.41, 5.74) is 0.146. The van der Waals surface area contributed by atoms with Gasteiger partial charge >= 0.3 is 5.97 Å². The Hall–Kier alpha value is -1.21. The van der Waals surface area contributed by atoms with Crippen molar-refractivity contribution in [2.24, 2.45) is 0 Å². The second-order valence-corrected chi connectivity index (χ2v) is 3.65. The number of esters is 1. The van der Waals surface area contributed by atoms with Crippen LogP contribution in [0.3, 0.4) is 0 Å². The largest absolute Gasteiger partial charge is 0.465 e. The van der Waals surface area contributed by atoms with Crippen LogP contribution < -0.4 is 0 Å². The zero-order valence-corrected chi connectivity index (χ0v) is 9.76. The predicted octanol–water partition coefficient (Wildman–Crippen LogP) is -0.0918. The molecule has 0 saturated carbocycles. The molecule has 2 atom stereocenters. The topological polar surface area (TPSA) is 99.9 Å². The van der Waals surface area contributed by atoms with Gasteiger partial charge in [-0.15, -0.1) is 0 Å². The number of ether oxygens (including phenoxy) is 1. The van der Waals surface area contributed by atoms with Crippen LogP contribution in [-0.2, 0) is 4.74 Å². The molecule has 0 aliphatic carbocycles. The Morgan fingerprint density at radius 3 is 2.76 bits per heavy atom. The zero-order valence-electron chi connectivity index (χ0n) is 9.00. The molecule has 0 fully saturated rings. The minimum Gasteiger partial charge on any atom is -0.465 e. The molecule has 0 aliphatic heterocycles. The number of halogens is 1. The summed E-state index contributed by atoms with van der Waals surface area (Å²) in [4.78, 5) is 15.0. The Morgan fingerprint density at radius 2 is 2.24 bits per heavy atom. The van der Waals surface area contributed by atoms with Gasteiger partial charge in [-0.05, 0) is 6.07 Å². The number of nitrogens with zero attached hydrogens (tertiary/aromatic N) is 1. The minimum atomic E-state index is -1.36. The van der Waals surface area contributed by atoms with E-state index in [0.29, 0.717) is 0 Å². The summed E-state index contributed by atoms with van der Waals surface area (Å²) in [6, 6.07) is 1.25. The number of hydrogen-bond acceptors (Lipinski definition) is 6. The highest BCUT2D eigenvalue weighted by atomic mass is 35.5. The maximum atomic E-state index is 11.3. The van der Waals surface area contributed by atoms with Crippen LogP contribution >= 0.6 is 11.6 Å². The number of pyridine rings is 1. The molecule has 0 aromatic carbocycles. The summed E-state index contributed by atoms with van der Waals surface area (Å²) in [5, 5.41) is 27.5. The minimum absolute atomic E-state index is 0.0177. The second kappa shape index (κ2) is 5.92. The van der Waals surface area contributed by atoms with E-state index in [1.165, 1.54) is 19.4 Å². The van der Waals surface area contributed by atoms with E-state index in [0.717, 1.165) is 0 Å². The highest BCUT2D eigenvalue weighted by Gasteiger charge is 2.21. The van der Waals surface area contributed by atoms with Crippen molar-refractivity contribution in [1.29, 1.82) is 0 Å². The number of rotatable bonds is 4. The van der Waals surface area contributed by atoms with Gasteiger partial charge in [-0.25, -0.2) is 9.78 Å². The van der Waals surface area contributed by atoms with Gasteiger partial charge in [0.1, 0.15) is 17.4 Å². The van der Waals surface area contributed by atoms with Crippen LogP contribution in [0, 0.1) is 0 Å². The molecule has 7 heteroatoms. The maximum Gasteiger partial charge on any atom is 0.341 e. The van der Waals surface area contributed by atoms with Gasteiger partial charge in [-0.2, -0.15) is 0 Å². The van der Waals surface area contributed by atoms with Gasteiger partial charge in [0.25, 0.3) is 0 Å². The standard InChI is InChI=1S/C10H12ClNO5/c1-17-10(16)6-2-5(3-12-9(6)11)8(15)7(14)4-13/h2-3,7-8,13-15H,4H2,1H3.